The van der Waals surface area contributed by atoms with E-state index in [9.17, 15) is 20.1 Å². The maximum absolute atomic E-state index is 13.4. The predicted molar refractivity (Wildman–Crippen MR) is 207 cm³/mol. The molecule has 3 rings (SSSR count). The summed E-state index contributed by atoms with van der Waals surface area (Å²) in [6, 6.07) is 0.591. The summed E-state index contributed by atoms with van der Waals surface area (Å²) in [5.41, 5.74) is -1.10. The maximum atomic E-state index is 13.4. The summed E-state index contributed by atoms with van der Waals surface area (Å²) >= 11 is 2.76. The molecule has 3 aliphatic rings. The molecule has 0 aromatic carbocycles. The Hall–Kier alpha value is -0.356. The molecule has 1 saturated heterocycles. The number of esters is 1. The molecule has 1 heterocycles. The van der Waals surface area contributed by atoms with E-state index in [2.05, 4.69) is 84.4 Å². The Balaban J connectivity index is 0. The Morgan fingerprint density at radius 1 is 0.824 bits per heavy atom. The molecule has 2 aliphatic carbocycles. The van der Waals surface area contributed by atoms with Crippen LogP contribution in [0, 0.1) is 47.3 Å². The van der Waals surface area contributed by atoms with Gasteiger partial charge in [-0.1, -0.05) is 20.8 Å². The molecule has 0 amide bonds. The van der Waals surface area contributed by atoms with Gasteiger partial charge in [0.1, 0.15) is 0 Å². The second-order valence-electron chi connectivity index (χ2n) is 16.7. The summed E-state index contributed by atoms with van der Waals surface area (Å²) in [5.74, 6) is 1.66. The van der Waals surface area contributed by atoms with E-state index in [1.165, 1.54) is 10.6 Å². The largest absolute Gasteiger partial charge is 0.412 e. The van der Waals surface area contributed by atoms with E-state index in [0.29, 0.717) is 36.6 Å². The van der Waals surface area contributed by atoms with Gasteiger partial charge in [0.2, 0.25) is 0 Å². The van der Waals surface area contributed by atoms with Crippen LogP contribution >= 0.6 is 0 Å². The second-order valence-corrected chi connectivity index (χ2v) is 17.5. The van der Waals surface area contributed by atoms with Crippen LogP contribution in [0.2, 0.25) is 0 Å². The average molecular weight is 769 g/mol. The van der Waals surface area contributed by atoms with Crippen LogP contribution in [0.3, 0.4) is 0 Å². The zero-order valence-electron chi connectivity index (χ0n) is 35.4. The second kappa shape index (κ2) is 25.7. The Bertz CT molecular complexity index is 929. The molecule has 0 spiro atoms. The molecule has 1 aliphatic heterocycles. The third kappa shape index (κ3) is 17.3. The van der Waals surface area contributed by atoms with Gasteiger partial charge in [0.15, 0.2) is 0 Å². The van der Waals surface area contributed by atoms with Crippen molar-refractivity contribution in [2.75, 3.05) is 21.2 Å². The van der Waals surface area contributed by atoms with Gasteiger partial charge >= 0.3 is 219 Å². The molecule has 6 N–H and O–H groups in total. The number of nitrogens with zero attached hydrogens (tertiary/aromatic N) is 1. The van der Waals surface area contributed by atoms with Crippen molar-refractivity contribution in [2.24, 2.45) is 47.3 Å². The van der Waals surface area contributed by atoms with Gasteiger partial charge in [-0.25, -0.2) is 0 Å². The molecule has 9 nitrogen and oxygen atoms in total. The SMILES string of the molecule is CC.CC1CC(N(C)C)C[C@H](O)C1.CCC1OC(=O)C(C)C(OC2CC(C)C(O)C(C)C2)C(C)C[C@@H](C)C[C@@H](C)[C](=[V])[C@H](C)C[C@]1(C)O.CO.O. The number of carbonyl (C=O) groups is 1. The molecule has 0 aromatic heterocycles. The molecule has 305 valence electrons. The minimum Gasteiger partial charge on any atom is -0.412 e. The van der Waals surface area contributed by atoms with Crippen molar-refractivity contribution in [3.8, 4) is 0 Å². The Labute approximate surface area is 322 Å². The number of rotatable bonds is 4. The summed E-state index contributed by atoms with van der Waals surface area (Å²) in [7, 11) is 5.19. The van der Waals surface area contributed by atoms with Gasteiger partial charge in [-0.05, 0) is 39.3 Å². The number of ether oxygens (including phenoxy) is 2. The molecule has 0 radical (unpaired) electrons. The summed E-state index contributed by atoms with van der Waals surface area (Å²) < 4.78 is 14.1. The van der Waals surface area contributed by atoms with Crippen molar-refractivity contribution in [1.29, 1.82) is 0 Å². The normalized spacial score (nSPS) is 41.1. The zero-order valence-corrected chi connectivity index (χ0v) is 36.8. The fraction of sp³-hybridized carbons (Fsp3) is 0.951. The molecule has 10 heteroatoms. The number of aliphatic hydroxyl groups is 4. The molecule has 51 heavy (non-hydrogen) atoms. The standard InChI is InChI=1S/C29H52O5.C9H19NO.C2H6.CH4O.H2O.V/c1-10-25-29(9,32)16-19(4)12-17(2)11-18(3)13-22(7)27(23(8)28(31)34-25)33-24-14-20(5)26(30)21(6)15-24;1-7-4-8(10(2)3)6-9(11)5-7;2*1-2;;/h17-27,30,32H,10-11,13-16H2,1-9H3;7-9,11H,4-6H2,1-3H3;1-2H3;2H,1H3;1H2;/t17-,18+,19+,20?,21?,22?,23?,24?,25?,26?,27?,29+;7?,8?,9-;;;;/m11..../s1. The number of hydrogen-bond acceptors (Lipinski definition) is 8. The van der Waals surface area contributed by atoms with E-state index < -0.39 is 17.6 Å². The molecule has 13 atom stereocenters. The fourth-order valence-electron chi connectivity index (χ4n) is 8.76. The smallest absolute Gasteiger partial charge is 0.0319 e. The molecule has 2 saturated carbocycles. The zero-order chi connectivity index (χ0) is 39.1. The van der Waals surface area contributed by atoms with Gasteiger partial charge in [-0.15, -0.1) is 0 Å². The fourth-order valence-corrected chi connectivity index (χ4v) is 9.07. The van der Waals surface area contributed by atoms with Crippen molar-refractivity contribution in [3.05, 3.63) is 0 Å². The van der Waals surface area contributed by atoms with E-state index in [1.807, 2.05) is 34.6 Å². The minimum atomic E-state index is -1.10. The number of aliphatic hydroxyl groups excluding tert-OH is 3. The molecule has 0 bridgehead atoms. The van der Waals surface area contributed by atoms with Crippen LogP contribution in [-0.2, 0) is 31.2 Å². The van der Waals surface area contributed by atoms with Crippen LogP contribution in [0.25, 0.3) is 0 Å². The summed E-state index contributed by atoms with van der Waals surface area (Å²) in [6.45, 7) is 25.0. The number of carbonyl (C=O) groups excluding carboxylic acids is 1. The molecular weight excluding hydrogens is 685 g/mol. The van der Waals surface area contributed by atoms with Crippen LogP contribution in [0.1, 0.15) is 141 Å². The molecule has 0 aromatic rings. The van der Waals surface area contributed by atoms with Gasteiger partial charge in [0.05, 0.1) is 6.10 Å². The average Bonchev–Trinajstić information content (AvgIpc) is 3.04. The Kier molecular flexibility index (Phi) is 26.6. The maximum Gasteiger partial charge on any atom is 0.0319 e. The van der Waals surface area contributed by atoms with Crippen LogP contribution < -0.4 is 0 Å². The number of hydrogen-bond donors (Lipinski definition) is 4. The van der Waals surface area contributed by atoms with Crippen LogP contribution in [0.4, 0.5) is 0 Å². The van der Waals surface area contributed by atoms with E-state index in [1.54, 1.807) is 0 Å². The Morgan fingerprint density at radius 2 is 1.33 bits per heavy atom. The minimum absolute atomic E-state index is 0. The van der Waals surface area contributed by atoms with Crippen molar-refractivity contribution in [1.82, 2.24) is 4.90 Å². The van der Waals surface area contributed by atoms with Crippen molar-refractivity contribution in [2.45, 2.75) is 183 Å². The van der Waals surface area contributed by atoms with E-state index >= 15 is 0 Å². The quantitative estimate of drug-likeness (QED) is 0.246. The topological polar surface area (TPSA) is 151 Å². The van der Waals surface area contributed by atoms with Gasteiger partial charge in [-0.2, -0.15) is 0 Å². The summed E-state index contributed by atoms with van der Waals surface area (Å²) in [4.78, 5) is 15.7. The first-order valence-electron chi connectivity index (χ1n) is 19.9. The van der Waals surface area contributed by atoms with Crippen molar-refractivity contribution in [3.63, 3.8) is 0 Å². The third-order valence-electron chi connectivity index (χ3n) is 11.4. The predicted octanol–water partition coefficient (Wildman–Crippen LogP) is 6.23. The first-order valence-corrected chi connectivity index (χ1v) is 20.6. The van der Waals surface area contributed by atoms with Crippen LogP contribution in [0.15, 0.2) is 0 Å². The van der Waals surface area contributed by atoms with E-state index in [-0.39, 0.29) is 59.5 Å². The summed E-state index contributed by atoms with van der Waals surface area (Å²) in [6.07, 6.45) is 6.83. The first kappa shape index (κ1) is 52.7. The summed E-state index contributed by atoms with van der Waals surface area (Å²) in [5, 5.41) is 38.3. The van der Waals surface area contributed by atoms with Gasteiger partial charge in [0.25, 0.3) is 0 Å². The Morgan fingerprint density at radius 3 is 1.80 bits per heavy atom. The number of cyclic esters (lactones) is 1. The van der Waals surface area contributed by atoms with E-state index in [0.717, 1.165) is 45.6 Å². The third-order valence-corrected chi connectivity index (χ3v) is 12.8. The van der Waals surface area contributed by atoms with E-state index in [4.69, 9.17) is 14.6 Å². The van der Waals surface area contributed by atoms with Gasteiger partial charge in [-0.3, -0.25) is 0 Å². The molecule has 8 unspecified atom stereocenters. The molecular formula is C41H83NO8V. The van der Waals surface area contributed by atoms with Crippen molar-refractivity contribution < 1.29 is 57.1 Å². The van der Waals surface area contributed by atoms with Crippen LogP contribution in [-0.4, -0.2) is 104 Å². The van der Waals surface area contributed by atoms with Crippen LogP contribution in [0.5, 0.6) is 0 Å². The van der Waals surface area contributed by atoms with Gasteiger partial charge in [0, 0.05) is 13.2 Å². The van der Waals surface area contributed by atoms with Gasteiger partial charge < -0.3 is 25.7 Å². The monoisotopic (exact) mass is 769 g/mol. The molecule has 3 fully saturated rings. The first-order chi connectivity index (χ1) is 23.3. The van der Waals surface area contributed by atoms with Crippen molar-refractivity contribution >= 4 is 10.2 Å².